The van der Waals surface area contributed by atoms with Gasteiger partial charge in [0.1, 0.15) is 5.60 Å². The molecule has 2 aliphatic rings. The van der Waals surface area contributed by atoms with E-state index in [1.165, 1.54) is 0 Å². The van der Waals surface area contributed by atoms with Gasteiger partial charge in [-0.25, -0.2) is 5.06 Å². The lowest BCUT2D eigenvalue weighted by Gasteiger charge is -2.37. The highest BCUT2D eigenvalue weighted by atomic mass is 16.7. The maximum absolute atomic E-state index is 12.4. The van der Waals surface area contributed by atoms with Crippen LogP contribution in [0.5, 0.6) is 0 Å². The number of aromatic nitrogens is 1. The predicted molar refractivity (Wildman–Crippen MR) is 94.2 cm³/mol. The molecule has 0 radical (unpaired) electrons. The van der Waals surface area contributed by atoms with E-state index in [-0.39, 0.29) is 11.5 Å². The average Bonchev–Trinajstić information content (AvgIpc) is 2.94. The van der Waals surface area contributed by atoms with Crippen LogP contribution in [0.15, 0.2) is 54.7 Å². The zero-order valence-electron chi connectivity index (χ0n) is 14.3. The Hall–Kier alpha value is -2.24. The van der Waals surface area contributed by atoms with Gasteiger partial charge in [-0.15, -0.1) is 0 Å². The van der Waals surface area contributed by atoms with Crippen molar-refractivity contribution < 1.29 is 9.63 Å². The van der Waals surface area contributed by atoms with Crippen molar-refractivity contribution in [1.29, 1.82) is 0 Å². The summed E-state index contributed by atoms with van der Waals surface area (Å²) < 4.78 is 0. The highest BCUT2D eigenvalue weighted by molar-refractivity contribution is 5.78. The summed E-state index contributed by atoms with van der Waals surface area (Å²) in [6.45, 7) is 3.25. The summed E-state index contributed by atoms with van der Waals surface area (Å²) in [5.41, 5.74) is 1.88. The summed E-state index contributed by atoms with van der Waals surface area (Å²) in [6.07, 6.45) is 4.10. The van der Waals surface area contributed by atoms with E-state index in [4.69, 9.17) is 4.84 Å². The first-order valence-electron chi connectivity index (χ1n) is 8.88. The minimum atomic E-state index is -0.313. The van der Waals surface area contributed by atoms with Crippen LogP contribution in [0.25, 0.3) is 0 Å². The van der Waals surface area contributed by atoms with Crippen LogP contribution in [-0.4, -0.2) is 39.5 Å². The van der Waals surface area contributed by atoms with E-state index in [9.17, 15) is 4.79 Å². The van der Waals surface area contributed by atoms with Crippen molar-refractivity contribution >= 4 is 5.91 Å². The van der Waals surface area contributed by atoms with Gasteiger partial charge in [0.15, 0.2) is 0 Å². The monoisotopic (exact) mass is 337 g/mol. The van der Waals surface area contributed by atoms with E-state index in [1.54, 1.807) is 5.06 Å². The zero-order valence-corrected chi connectivity index (χ0v) is 14.3. The quantitative estimate of drug-likeness (QED) is 0.861. The van der Waals surface area contributed by atoms with Crippen molar-refractivity contribution in [3.05, 3.63) is 66.0 Å². The van der Waals surface area contributed by atoms with Crippen molar-refractivity contribution in [3.8, 4) is 0 Å². The fraction of sp³-hybridized carbons (Fsp3) is 0.400. The number of amides is 1. The fourth-order valence-electron chi connectivity index (χ4n) is 3.66. The Kier molecular flexibility index (Phi) is 4.51. The summed E-state index contributed by atoms with van der Waals surface area (Å²) in [6, 6.07) is 16.0. The second-order valence-corrected chi connectivity index (χ2v) is 6.96. The maximum Gasteiger partial charge on any atom is 0.249 e. The molecule has 0 unspecified atom stereocenters. The van der Waals surface area contributed by atoms with E-state index in [0.717, 1.165) is 43.7 Å². The minimum absolute atomic E-state index is 0.0991. The molecule has 0 N–H and O–H groups in total. The van der Waals surface area contributed by atoms with Crippen molar-refractivity contribution in [1.82, 2.24) is 14.9 Å². The largest absolute Gasteiger partial charge is 0.297 e. The van der Waals surface area contributed by atoms with E-state index in [1.807, 2.05) is 48.7 Å². The number of nitrogens with zero attached hydrogens (tertiary/aromatic N) is 3. The number of hydrogen-bond donors (Lipinski definition) is 0. The third kappa shape index (κ3) is 3.72. The Morgan fingerprint density at radius 3 is 2.48 bits per heavy atom. The normalized spacial score (nSPS) is 20.3. The lowest BCUT2D eigenvalue weighted by atomic mass is 9.88. The molecule has 1 spiro atoms. The van der Waals surface area contributed by atoms with Gasteiger partial charge >= 0.3 is 0 Å². The zero-order chi connectivity index (χ0) is 17.1. The molecule has 5 heteroatoms. The van der Waals surface area contributed by atoms with Crippen molar-refractivity contribution in [2.75, 3.05) is 13.1 Å². The van der Waals surface area contributed by atoms with Gasteiger partial charge < -0.3 is 0 Å². The number of benzene rings is 1. The summed E-state index contributed by atoms with van der Waals surface area (Å²) in [7, 11) is 0. The number of carbonyl (C=O) groups excluding carboxylic acids is 1. The predicted octanol–water partition coefficient (Wildman–Crippen LogP) is 2.78. The topological polar surface area (TPSA) is 45.7 Å². The summed E-state index contributed by atoms with van der Waals surface area (Å²) in [4.78, 5) is 25.3. The second kappa shape index (κ2) is 6.94. The Labute approximate surface area is 148 Å². The molecule has 1 aromatic heterocycles. The van der Waals surface area contributed by atoms with Crippen LogP contribution in [0.1, 0.15) is 30.5 Å². The van der Waals surface area contributed by atoms with Crippen LogP contribution in [0.3, 0.4) is 0 Å². The van der Waals surface area contributed by atoms with Gasteiger partial charge in [0.05, 0.1) is 18.7 Å². The molecule has 2 saturated heterocycles. The summed E-state index contributed by atoms with van der Waals surface area (Å²) in [5, 5.41) is 1.56. The third-order valence-corrected chi connectivity index (χ3v) is 5.10. The van der Waals surface area contributed by atoms with Gasteiger partial charge in [-0.2, -0.15) is 0 Å². The highest BCUT2D eigenvalue weighted by Crippen LogP contribution is 2.37. The standard InChI is InChI=1S/C20H23N3O2/c24-19-14-20(25-23(19)15-17-6-2-1-3-7-17)9-12-22(13-10-20)16-18-8-4-5-11-21-18/h1-8,11H,9-10,12-16H2. The van der Waals surface area contributed by atoms with E-state index >= 15 is 0 Å². The molecule has 2 aromatic rings. The van der Waals surface area contributed by atoms with E-state index in [2.05, 4.69) is 16.0 Å². The molecule has 3 heterocycles. The molecule has 0 saturated carbocycles. The summed E-state index contributed by atoms with van der Waals surface area (Å²) in [5.74, 6) is 0.0991. The molecule has 0 bridgehead atoms. The van der Waals surface area contributed by atoms with Crippen LogP contribution in [-0.2, 0) is 22.7 Å². The molecular weight excluding hydrogens is 314 g/mol. The molecule has 4 rings (SSSR count). The van der Waals surface area contributed by atoms with Crippen LogP contribution < -0.4 is 0 Å². The van der Waals surface area contributed by atoms with Crippen molar-refractivity contribution in [2.45, 2.75) is 38.0 Å². The van der Waals surface area contributed by atoms with Crippen molar-refractivity contribution in [3.63, 3.8) is 0 Å². The number of likely N-dealkylation sites (tertiary alicyclic amines) is 1. The van der Waals surface area contributed by atoms with Crippen LogP contribution in [0, 0.1) is 0 Å². The number of carbonyl (C=O) groups is 1. The molecule has 2 fully saturated rings. The highest BCUT2D eigenvalue weighted by Gasteiger charge is 2.46. The number of pyridine rings is 1. The van der Waals surface area contributed by atoms with E-state index in [0.29, 0.717) is 13.0 Å². The smallest absolute Gasteiger partial charge is 0.249 e. The molecule has 0 atom stereocenters. The molecule has 0 aliphatic carbocycles. The van der Waals surface area contributed by atoms with Gasteiger partial charge in [0.2, 0.25) is 5.91 Å². The number of hydrogen-bond acceptors (Lipinski definition) is 4. The van der Waals surface area contributed by atoms with Gasteiger partial charge in [-0.05, 0) is 30.5 Å². The molecule has 1 aromatic carbocycles. The lowest BCUT2D eigenvalue weighted by molar-refractivity contribution is -0.214. The average molecular weight is 337 g/mol. The lowest BCUT2D eigenvalue weighted by Crippen LogP contribution is -2.44. The number of hydroxylamine groups is 2. The molecular formula is C20H23N3O2. The number of rotatable bonds is 4. The first-order valence-corrected chi connectivity index (χ1v) is 8.88. The Morgan fingerprint density at radius 2 is 1.76 bits per heavy atom. The van der Waals surface area contributed by atoms with E-state index < -0.39 is 0 Å². The minimum Gasteiger partial charge on any atom is -0.297 e. The SMILES string of the molecule is O=C1CC2(CCN(Cc3ccccn3)CC2)ON1Cc1ccccc1. The fourth-order valence-corrected chi connectivity index (χ4v) is 3.66. The molecule has 130 valence electrons. The van der Waals surface area contributed by atoms with Gasteiger partial charge in [-0.1, -0.05) is 36.4 Å². The molecule has 1 amide bonds. The van der Waals surface area contributed by atoms with Gasteiger partial charge in [0.25, 0.3) is 0 Å². The maximum atomic E-state index is 12.4. The van der Waals surface area contributed by atoms with Crippen molar-refractivity contribution in [2.24, 2.45) is 0 Å². The second-order valence-electron chi connectivity index (χ2n) is 6.96. The van der Waals surface area contributed by atoms with Crippen LogP contribution in [0.2, 0.25) is 0 Å². The van der Waals surface area contributed by atoms with Crippen LogP contribution >= 0.6 is 0 Å². The third-order valence-electron chi connectivity index (χ3n) is 5.10. The van der Waals surface area contributed by atoms with Gasteiger partial charge in [-0.3, -0.25) is 19.5 Å². The molecule has 5 nitrogen and oxygen atoms in total. The first-order chi connectivity index (χ1) is 12.2. The van der Waals surface area contributed by atoms with Crippen LogP contribution in [0.4, 0.5) is 0 Å². The molecule has 2 aliphatic heterocycles. The Balaban J connectivity index is 1.34. The molecule has 25 heavy (non-hydrogen) atoms. The first kappa shape index (κ1) is 16.2. The number of piperidine rings is 1. The Morgan fingerprint density at radius 1 is 1.00 bits per heavy atom. The van der Waals surface area contributed by atoms with Gasteiger partial charge in [0, 0.05) is 25.8 Å². The summed E-state index contributed by atoms with van der Waals surface area (Å²) >= 11 is 0. The Bertz CT molecular complexity index is 712.